The topological polar surface area (TPSA) is 132 Å². The van der Waals surface area contributed by atoms with E-state index in [1.807, 2.05) is 13.8 Å². The van der Waals surface area contributed by atoms with Gasteiger partial charge in [0, 0.05) is 30.4 Å². The van der Waals surface area contributed by atoms with Crippen molar-refractivity contribution >= 4 is 29.8 Å². The van der Waals surface area contributed by atoms with Gasteiger partial charge in [0.05, 0.1) is 31.8 Å². The summed E-state index contributed by atoms with van der Waals surface area (Å²) in [7, 11) is 0. The molecule has 0 unspecified atom stereocenters. The summed E-state index contributed by atoms with van der Waals surface area (Å²) in [6.45, 7) is 14.0. The van der Waals surface area contributed by atoms with Crippen molar-refractivity contribution in [2.45, 2.75) is 79.1 Å². The first-order chi connectivity index (χ1) is 17.8. The lowest BCUT2D eigenvalue weighted by molar-refractivity contribution is -0.165. The Morgan fingerprint density at radius 1 is 0.579 bits per heavy atom. The van der Waals surface area contributed by atoms with Crippen LogP contribution in [0.15, 0.2) is 25.3 Å². The predicted octanol–water partition coefficient (Wildman–Crippen LogP) is 4.25. The predicted molar refractivity (Wildman–Crippen MR) is 140 cm³/mol. The molecule has 0 amide bonds. The zero-order valence-electron chi connectivity index (χ0n) is 23.3. The number of carbonyl (C=O) groups excluding carboxylic acids is 5. The highest BCUT2D eigenvalue weighted by molar-refractivity contribution is 5.81. The van der Waals surface area contributed by atoms with E-state index >= 15 is 0 Å². The summed E-state index contributed by atoms with van der Waals surface area (Å²) in [4.78, 5) is 58.4. The number of esters is 5. The van der Waals surface area contributed by atoms with Crippen LogP contribution in [-0.2, 0) is 47.7 Å². The lowest BCUT2D eigenvalue weighted by atomic mass is 9.93. The Bertz CT molecular complexity index is 797. The number of ether oxygens (including phenoxy) is 5. The second kappa shape index (κ2) is 19.0. The molecule has 0 aromatic rings. The van der Waals surface area contributed by atoms with E-state index in [0.717, 1.165) is 12.2 Å². The summed E-state index contributed by atoms with van der Waals surface area (Å²) in [5.74, 6) is -2.23. The highest BCUT2D eigenvalue weighted by atomic mass is 16.6. The summed E-state index contributed by atoms with van der Waals surface area (Å²) in [5, 5.41) is 0. The van der Waals surface area contributed by atoms with Gasteiger partial charge in [-0.05, 0) is 52.4 Å². The Morgan fingerprint density at radius 2 is 1.00 bits per heavy atom. The van der Waals surface area contributed by atoms with E-state index in [-0.39, 0.29) is 51.8 Å². The van der Waals surface area contributed by atoms with E-state index in [4.69, 9.17) is 23.7 Å². The van der Waals surface area contributed by atoms with Gasteiger partial charge in [-0.25, -0.2) is 9.59 Å². The minimum absolute atomic E-state index is 0.0294. The van der Waals surface area contributed by atoms with Crippen molar-refractivity contribution in [3.05, 3.63) is 25.3 Å². The second-order valence-electron chi connectivity index (χ2n) is 10.3. The van der Waals surface area contributed by atoms with Crippen LogP contribution in [0.25, 0.3) is 0 Å². The van der Waals surface area contributed by atoms with Crippen LogP contribution in [0.5, 0.6) is 0 Å². The standard InChI is InChI=1S/C28H44O10/c1-7-22(29)34-17-13-9-11-15-24(31)36-19-27(3,4)20-38-26(33)28(5,6)21-37-25(32)16-12-10-14-18-35-23(30)8-2/h7-8H,1-2,9-21H2,3-6H3. The number of unbranched alkanes of at least 4 members (excludes halogenated alkanes) is 4. The number of rotatable bonds is 21. The Morgan fingerprint density at radius 3 is 1.45 bits per heavy atom. The molecule has 0 aliphatic rings. The van der Waals surface area contributed by atoms with Crippen molar-refractivity contribution in [3.63, 3.8) is 0 Å². The van der Waals surface area contributed by atoms with Crippen molar-refractivity contribution in [3.8, 4) is 0 Å². The summed E-state index contributed by atoms with van der Waals surface area (Å²) in [6, 6.07) is 0. The molecule has 0 atom stereocenters. The van der Waals surface area contributed by atoms with Crippen molar-refractivity contribution in [2.75, 3.05) is 33.0 Å². The first-order valence-electron chi connectivity index (χ1n) is 12.9. The van der Waals surface area contributed by atoms with E-state index in [9.17, 15) is 24.0 Å². The summed E-state index contributed by atoms with van der Waals surface area (Å²) in [5.41, 5.74) is -1.64. The Hall–Kier alpha value is -3.17. The molecule has 0 radical (unpaired) electrons. The minimum atomic E-state index is -1.04. The molecule has 38 heavy (non-hydrogen) atoms. The van der Waals surface area contributed by atoms with Gasteiger partial charge in [0.1, 0.15) is 6.61 Å². The van der Waals surface area contributed by atoms with Gasteiger partial charge >= 0.3 is 29.8 Å². The van der Waals surface area contributed by atoms with Gasteiger partial charge in [0.25, 0.3) is 0 Å². The van der Waals surface area contributed by atoms with Crippen LogP contribution in [0.3, 0.4) is 0 Å². The summed E-state index contributed by atoms with van der Waals surface area (Å²) >= 11 is 0. The second-order valence-corrected chi connectivity index (χ2v) is 10.3. The first-order valence-corrected chi connectivity index (χ1v) is 12.9. The molecule has 0 saturated carbocycles. The zero-order valence-corrected chi connectivity index (χ0v) is 23.3. The third kappa shape index (κ3) is 18.1. The third-order valence-corrected chi connectivity index (χ3v) is 5.24. The molecule has 0 rings (SSSR count). The van der Waals surface area contributed by atoms with E-state index in [1.54, 1.807) is 13.8 Å². The van der Waals surface area contributed by atoms with Gasteiger partial charge in [-0.1, -0.05) is 27.0 Å². The average Bonchev–Trinajstić information content (AvgIpc) is 2.88. The molecule has 0 aliphatic carbocycles. The van der Waals surface area contributed by atoms with Crippen LogP contribution in [0.4, 0.5) is 0 Å². The van der Waals surface area contributed by atoms with E-state index in [0.29, 0.717) is 38.5 Å². The fraction of sp³-hybridized carbons (Fsp3) is 0.679. The van der Waals surface area contributed by atoms with Crippen molar-refractivity contribution < 1.29 is 47.7 Å². The normalized spacial score (nSPS) is 11.2. The molecular formula is C28H44O10. The monoisotopic (exact) mass is 540 g/mol. The van der Waals surface area contributed by atoms with Crippen molar-refractivity contribution in [2.24, 2.45) is 10.8 Å². The van der Waals surface area contributed by atoms with Gasteiger partial charge in [-0.15, -0.1) is 0 Å². The van der Waals surface area contributed by atoms with E-state index in [1.165, 1.54) is 0 Å². The summed E-state index contributed by atoms with van der Waals surface area (Å²) < 4.78 is 25.7. The molecule has 0 N–H and O–H groups in total. The van der Waals surface area contributed by atoms with Gasteiger partial charge in [-0.2, -0.15) is 0 Å². The van der Waals surface area contributed by atoms with Crippen LogP contribution in [-0.4, -0.2) is 62.9 Å². The fourth-order valence-corrected chi connectivity index (χ4v) is 2.80. The molecule has 0 spiro atoms. The number of hydrogen-bond acceptors (Lipinski definition) is 10. The van der Waals surface area contributed by atoms with E-state index in [2.05, 4.69) is 13.2 Å². The molecule has 0 aromatic carbocycles. The zero-order chi connectivity index (χ0) is 29.0. The molecule has 0 aliphatic heterocycles. The highest BCUT2D eigenvalue weighted by Crippen LogP contribution is 2.22. The Kier molecular flexibility index (Phi) is 17.4. The van der Waals surface area contributed by atoms with Gasteiger partial charge in [0.2, 0.25) is 0 Å². The molecule has 0 saturated heterocycles. The Labute approximate surface area is 226 Å². The quantitative estimate of drug-likeness (QED) is 0.0901. The largest absolute Gasteiger partial charge is 0.465 e. The van der Waals surface area contributed by atoms with Crippen LogP contribution < -0.4 is 0 Å². The fourth-order valence-electron chi connectivity index (χ4n) is 2.80. The maximum Gasteiger partial charge on any atom is 0.330 e. The van der Waals surface area contributed by atoms with Crippen LogP contribution in [0.1, 0.15) is 79.1 Å². The van der Waals surface area contributed by atoms with Gasteiger partial charge in [0.15, 0.2) is 0 Å². The smallest absolute Gasteiger partial charge is 0.330 e. The van der Waals surface area contributed by atoms with Gasteiger partial charge in [-0.3, -0.25) is 14.4 Å². The molecule has 10 heteroatoms. The van der Waals surface area contributed by atoms with Crippen LogP contribution >= 0.6 is 0 Å². The number of hydrogen-bond donors (Lipinski definition) is 0. The Balaban J connectivity index is 4.12. The SMILES string of the molecule is C=CC(=O)OCCCCCC(=O)OCC(C)(C)COC(=O)C(C)(C)COC(=O)CCCCCOC(=O)C=C. The highest BCUT2D eigenvalue weighted by Gasteiger charge is 2.33. The van der Waals surface area contributed by atoms with E-state index < -0.39 is 34.7 Å². The summed E-state index contributed by atoms with van der Waals surface area (Å²) in [6.07, 6.45) is 6.51. The van der Waals surface area contributed by atoms with Crippen LogP contribution in [0, 0.1) is 10.8 Å². The minimum Gasteiger partial charge on any atom is -0.465 e. The lowest BCUT2D eigenvalue weighted by Crippen LogP contribution is -2.36. The maximum absolute atomic E-state index is 12.6. The third-order valence-electron chi connectivity index (χ3n) is 5.24. The average molecular weight is 541 g/mol. The number of carbonyl (C=O) groups is 5. The lowest BCUT2D eigenvalue weighted by Gasteiger charge is -2.27. The first kappa shape index (κ1) is 34.8. The molecule has 10 nitrogen and oxygen atoms in total. The maximum atomic E-state index is 12.6. The van der Waals surface area contributed by atoms with Crippen molar-refractivity contribution in [1.29, 1.82) is 0 Å². The molecule has 0 fully saturated rings. The molecule has 0 heterocycles. The molecular weight excluding hydrogens is 496 g/mol. The molecule has 0 bridgehead atoms. The molecule has 0 aromatic heterocycles. The van der Waals surface area contributed by atoms with Crippen molar-refractivity contribution in [1.82, 2.24) is 0 Å². The van der Waals surface area contributed by atoms with Crippen LogP contribution in [0.2, 0.25) is 0 Å². The van der Waals surface area contributed by atoms with Gasteiger partial charge < -0.3 is 23.7 Å². The molecule has 216 valence electrons.